The Labute approximate surface area is 104 Å². The quantitative estimate of drug-likeness (QED) is 0.667. The SMILES string of the molecule is Nc1cc(Br)ccc1C1(C=O)CCCCC1. The van der Waals surface area contributed by atoms with E-state index < -0.39 is 0 Å². The summed E-state index contributed by atoms with van der Waals surface area (Å²) in [5.41, 5.74) is 7.42. The van der Waals surface area contributed by atoms with E-state index in [9.17, 15) is 4.79 Å². The van der Waals surface area contributed by atoms with Crippen LogP contribution in [-0.2, 0) is 10.2 Å². The molecule has 0 radical (unpaired) electrons. The van der Waals surface area contributed by atoms with Crippen LogP contribution in [0, 0.1) is 0 Å². The van der Waals surface area contributed by atoms with E-state index >= 15 is 0 Å². The zero-order valence-corrected chi connectivity index (χ0v) is 10.8. The van der Waals surface area contributed by atoms with Gasteiger partial charge >= 0.3 is 0 Å². The number of benzene rings is 1. The predicted molar refractivity (Wildman–Crippen MR) is 69.4 cm³/mol. The summed E-state index contributed by atoms with van der Waals surface area (Å²) < 4.78 is 0.964. The average molecular weight is 282 g/mol. The van der Waals surface area contributed by atoms with Crippen molar-refractivity contribution in [1.82, 2.24) is 0 Å². The molecule has 0 heterocycles. The van der Waals surface area contributed by atoms with Crippen LogP contribution in [-0.4, -0.2) is 6.29 Å². The maximum absolute atomic E-state index is 11.5. The second-order valence-electron chi connectivity index (χ2n) is 4.57. The first-order valence-corrected chi connectivity index (χ1v) is 6.49. The number of nitrogens with two attached hydrogens (primary N) is 1. The zero-order valence-electron chi connectivity index (χ0n) is 9.21. The molecule has 0 spiro atoms. The number of anilines is 1. The summed E-state index contributed by atoms with van der Waals surface area (Å²) in [6.45, 7) is 0. The molecule has 2 nitrogen and oxygen atoms in total. The summed E-state index contributed by atoms with van der Waals surface area (Å²) in [5, 5.41) is 0. The Kier molecular flexibility index (Phi) is 3.33. The smallest absolute Gasteiger partial charge is 0.130 e. The number of nitrogen functional groups attached to an aromatic ring is 1. The van der Waals surface area contributed by atoms with Crippen LogP contribution in [0.4, 0.5) is 5.69 Å². The van der Waals surface area contributed by atoms with Crippen molar-refractivity contribution < 1.29 is 4.79 Å². The topological polar surface area (TPSA) is 43.1 Å². The Morgan fingerprint density at radius 3 is 2.50 bits per heavy atom. The summed E-state index contributed by atoms with van der Waals surface area (Å²) in [7, 11) is 0. The van der Waals surface area contributed by atoms with E-state index in [4.69, 9.17) is 5.73 Å². The van der Waals surface area contributed by atoms with Gasteiger partial charge in [0.15, 0.2) is 0 Å². The lowest BCUT2D eigenvalue weighted by Gasteiger charge is -2.33. The fraction of sp³-hybridized carbons (Fsp3) is 0.462. The van der Waals surface area contributed by atoms with Gasteiger partial charge in [-0.2, -0.15) is 0 Å². The van der Waals surface area contributed by atoms with E-state index in [1.165, 1.54) is 6.42 Å². The molecule has 0 aromatic heterocycles. The van der Waals surface area contributed by atoms with E-state index in [-0.39, 0.29) is 5.41 Å². The van der Waals surface area contributed by atoms with Crippen LogP contribution in [0.5, 0.6) is 0 Å². The number of rotatable bonds is 2. The van der Waals surface area contributed by atoms with Gasteiger partial charge in [0.05, 0.1) is 5.41 Å². The molecule has 1 aliphatic carbocycles. The summed E-state index contributed by atoms with van der Waals surface area (Å²) >= 11 is 3.39. The van der Waals surface area contributed by atoms with Crippen molar-refractivity contribution in [2.24, 2.45) is 0 Å². The Hall–Kier alpha value is -0.830. The molecule has 1 fully saturated rings. The molecule has 1 aromatic rings. The van der Waals surface area contributed by atoms with Crippen LogP contribution in [0.3, 0.4) is 0 Å². The zero-order chi connectivity index (χ0) is 11.6. The van der Waals surface area contributed by atoms with Crippen molar-refractivity contribution >= 4 is 27.9 Å². The highest BCUT2D eigenvalue weighted by molar-refractivity contribution is 9.10. The minimum atomic E-state index is -0.330. The van der Waals surface area contributed by atoms with Crippen LogP contribution >= 0.6 is 15.9 Å². The second kappa shape index (κ2) is 4.58. The average Bonchev–Trinajstić information content (AvgIpc) is 2.30. The summed E-state index contributed by atoms with van der Waals surface area (Å²) in [4.78, 5) is 11.5. The highest BCUT2D eigenvalue weighted by atomic mass is 79.9. The number of hydrogen-bond donors (Lipinski definition) is 1. The minimum absolute atomic E-state index is 0.330. The van der Waals surface area contributed by atoms with Gasteiger partial charge < -0.3 is 10.5 Å². The van der Waals surface area contributed by atoms with Crippen molar-refractivity contribution in [3.63, 3.8) is 0 Å². The largest absolute Gasteiger partial charge is 0.398 e. The van der Waals surface area contributed by atoms with Gasteiger partial charge in [-0.25, -0.2) is 0 Å². The third-order valence-electron chi connectivity index (χ3n) is 3.52. The first-order chi connectivity index (χ1) is 7.68. The number of aldehydes is 1. The maximum Gasteiger partial charge on any atom is 0.130 e. The minimum Gasteiger partial charge on any atom is -0.398 e. The number of hydrogen-bond acceptors (Lipinski definition) is 2. The molecule has 1 aliphatic rings. The van der Waals surface area contributed by atoms with Gasteiger partial charge in [0.2, 0.25) is 0 Å². The van der Waals surface area contributed by atoms with Crippen molar-refractivity contribution in [1.29, 1.82) is 0 Å². The molecule has 0 aliphatic heterocycles. The molecule has 0 unspecified atom stereocenters. The Bertz CT molecular complexity index is 397. The lowest BCUT2D eigenvalue weighted by Crippen LogP contribution is -2.31. The van der Waals surface area contributed by atoms with Gasteiger partial charge in [-0.1, -0.05) is 41.3 Å². The Morgan fingerprint density at radius 2 is 1.94 bits per heavy atom. The van der Waals surface area contributed by atoms with Gasteiger partial charge in [-0.3, -0.25) is 0 Å². The van der Waals surface area contributed by atoms with Crippen LogP contribution < -0.4 is 5.73 Å². The summed E-state index contributed by atoms with van der Waals surface area (Å²) in [6.07, 6.45) is 6.44. The van der Waals surface area contributed by atoms with Gasteiger partial charge in [-0.15, -0.1) is 0 Å². The monoisotopic (exact) mass is 281 g/mol. The van der Waals surface area contributed by atoms with E-state index in [1.54, 1.807) is 0 Å². The third kappa shape index (κ3) is 2.01. The first-order valence-electron chi connectivity index (χ1n) is 5.70. The van der Waals surface area contributed by atoms with Crippen molar-refractivity contribution in [3.05, 3.63) is 28.2 Å². The van der Waals surface area contributed by atoms with E-state index in [1.807, 2.05) is 18.2 Å². The van der Waals surface area contributed by atoms with Crippen molar-refractivity contribution in [2.75, 3.05) is 5.73 Å². The highest BCUT2D eigenvalue weighted by Crippen LogP contribution is 2.40. The molecular weight excluding hydrogens is 266 g/mol. The highest BCUT2D eigenvalue weighted by Gasteiger charge is 2.34. The standard InChI is InChI=1S/C13H16BrNO/c14-10-4-5-11(12(15)8-10)13(9-16)6-2-1-3-7-13/h4-5,8-9H,1-3,6-7,15H2. The molecule has 0 atom stereocenters. The fourth-order valence-electron chi connectivity index (χ4n) is 2.62. The van der Waals surface area contributed by atoms with Gasteiger partial charge in [0.1, 0.15) is 6.29 Å². The lowest BCUT2D eigenvalue weighted by molar-refractivity contribution is -0.113. The second-order valence-corrected chi connectivity index (χ2v) is 5.48. The summed E-state index contributed by atoms with van der Waals surface area (Å²) in [5.74, 6) is 0. The van der Waals surface area contributed by atoms with Crippen LogP contribution in [0.1, 0.15) is 37.7 Å². The molecular formula is C13H16BrNO. The van der Waals surface area contributed by atoms with Gasteiger partial charge in [-0.05, 0) is 30.5 Å². The van der Waals surface area contributed by atoms with Crippen molar-refractivity contribution in [2.45, 2.75) is 37.5 Å². The molecule has 86 valence electrons. The Balaban J connectivity index is 2.43. The number of halogens is 1. The molecule has 0 saturated heterocycles. The van der Waals surface area contributed by atoms with Gasteiger partial charge in [0, 0.05) is 10.2 Å². The molecule has 1 aromatic carbocycles. The van der Waals surface area contributed by atoms with Crippen LogP contribution in [0.2, 0.25) is 0 Å². The molecule has 0 amide bonds. The van der Waals surface area contributed by atoms with E-state index in [0.717, 1.165) is 47.7 Å². The molecule has 3 heteroatoms. The van der Waals surface area contributed by atoms with E-state index in [0.29, 0.717) is 0 Å². The molecule has 16 heavy (non-hydrogen) atoms. The van der Waals surface area contributed by atoms with E-state index in [2.05, 4.69) is 15.9 Å². The first kappa shape index (κ1) is 11.6. The normalized spacial score (nSPS) is 19.3. The van der Waals surface area contributed by atoms with Gasteiger partial charge in [0.25, 0.3) is 0 Å². The van der Waals surface area contributed by atoms with Crippen molar-refractivity contribution in [3.8, 4) is 0 Å². The molecule has 2 rings (SSSR count). The van der Waals surface area contributed by atoms with Crippen LogP contribution in [0.25, 0.3) is 0 Å². The lowest BCUT2D eigenvalue weighted by atomic mass is 9.70. The summed E-state index contributed by atoms with van der Waals surface area (Å²) in [6, 6.07) is 5.83. The van der Waals surface area contributed by atoms with Crippen LogP contribution in [0.15, 0.2) is 22.7 Å². The maximum atomic E-state index is 11.5. The number of carbonyl (C=O) groups is 1. The molecule has 2 N–H and O–H groups in total. The Morgan fingerprint density at radius 1 is 1.25 bits per heavy atom. The predicted octanol–water partition coefficient (Wildman–Crippen LogP) is 3.43. The molecule has 1 saturated carbocycles. The number of carbonyl (C=O) groups excluding carboxylic acids is 1. The third-order valence-corrected chi connectivity index (χ3v) is 4.01. The molecule has 0 bridgehead atoms. The fourth-order valence-corrected chi connectivity index (χ4v) is 3.00.